The van der Waals surface area contributed by atoms with Crippen LogP contribution in [0.15, 0.2) is 18.3 Å². The summed E-state index contributed by atoms with van der Waals surface area (Å²) < 4.78 is 0. The predicted octanol–water partition coefficient (Wildman–Crippen LogP) is 2.90. The van der Waals surface area contributed by atoms with Crippen molar-refractivity contribution < 1.29 is 5.11 Å². The lowest BCUT2D eigenvalue weighted by Crippen LogP contribution is -2.35. The maximum absolute atomic E-state index is 9.68. The Morgan fingerprint density at radius 3 is 3.00 bits per heavy atom. The molecule has 2 unspecified atom stereocenters. The van der Waals surface area contributed by atoms with Crippen molar-refractivity contribution in [3.05, 3.63) is 23.9 Å². The lowest BCUT2D eigenvalue weighted by atomic mass is 9.85. The summed E-state index contributed by atoms with van der Waals surface area (Å²) in [6, 6.07) is 4.65. The van der Waals surface area contributed by atoms with Gasteiger partial charge < -0.3 is 10.0 Å². The summed E-state index contributed by atoms with van der Waals surface area (Å²) in [4.78, 5) is 6.98. The molecule has 1 aromatic heterocycles. The van der Waals surface area contributed by atoms with Crippen LogP contribution in [-0.2, 0) is 0 Å². The minimum atomic E-state index is -0.406. The van der Waals surface area contributed by atoms with E-state index in [0.717, 1.165) is 23.8 Å². The fourth-order valence-electron chi connectivity index (χ4n) is 3.54. The van der Waals surface area contributed by atoms with Crippen LogP contribution in [0.2, 0.25) is 0 Å². The molecule has 18 heavy (non-hydrogen) atoms. The van der Waals surface area contributed by atoms with Crippen molar-refractivity contribution >= 4 is 5.82 Å². The fraction of sp³-hybridized carbons (Fsp3) is 0.667. The number of aromatic nitrogens is 1. The molecule has 1 saturated carbocycles. The fourth-order valence-corrected chi connectivity index (χ4v) is 3.54. The van der Waals surface area contributed by atoms with Crippen molar-refractivity contribution in [2.24, 2.45) is 5.92 Å². The zero-order chi connectivity index (χ0) is 12.5. The van der Waals surface area contributed by atoms with Crippen molar-refractivity contribution in [2.45, 2.75) is 51.2 Å². The second kappa shape index (κ2) is 4.88. The van der Waals surface area contributed by atoms with Gasteiger partial charge in [-0.15, -0.1) is 0 Å². The highest BCUT2D eigenvalue weighted by Gasteiger charge is 2.36. The predicted molar refractivity (Wildman–Crippen MR) is 72.6 cm³/mol. The van der Waals surface area contributed by atoms with E-state index >= 15 is 0 Å². The number of hydrogen-bond donors (Lipinski definition) is 1. The number of rotatable bonds is 2. The molecule has 1 aromatic rings. The quantitative estimate of drug-likeness (QED) is 0.871. The lowest BCUT2D eigenvalue weighted by Gasteiger charge is -2.32. The third kappa shape index (κ3) is 2.12. The zero-order valence-corrected chi connectivity index (χ0v) is 11.0. The minimum absolute atomic E-state index is 0.406. The van der Waals surface area contributed by atoms with Gasteiger partial charge in [0.2, 0.25) is 0 Å². The molecule has 0 radical (unpaired) electrons. The van der Waals surface area contributed by atoms with E-state index in [1.165, 1.54) is 32.1 Å². The first kappa shape index (κ1) is 12.0. The first-order valence-corrected chi connectivity index (χ1v) is 7.16. The number of aliphatic hydroxyl groups excluding tert-OH is 1. The van der Waals surface area contributed by atoms with Gasteiger partial charge in [-0.3, -0.25) is 0 Å². The molecule has 3 atom stereocenters. The van der Waals surface area contributed by atoms with Crippen molar-refractivity contribution in [2.75, 3.05) is 11.4 Å². The van der Waals surface area contributed by atoms with E-state index in [9.17, 15) is 5.11 Å². The molecule has 98 valence electrons. The SMILES string of the molecule is C[C@H](O)c1ccnc(N2CCC3CCCCC32)c1. The first-order chi connectivity index (χ1) is 8.75. The van der Waals surface area contributed by atoms with Gasteiger partial charge in [-0.25, -0.2) is 4.98 Å². The number of nitrogens with zero attached hydrogens (tertiary/aromatic N) is 2. The van der Waals surface area contributed by atoms with Crippen LogP contribution >= 0.6 is 0 Å². The van der Waals surface area contributed by atoms with Crippen LogP contribution in [0.3, 0.4) is 0 Å². The Morgan fingerprint density at radius 2 is 2.17 bits per heavy atom. The van der Waals surface area contributed by atoms with Crippen molar-refractivity contribution in [3.8, 4) is 0 Å². The van der Waals surface area contributed by atoms with Crippen LogP contribution in [0.5, 0.6) is 0 Å². The van der Waals surface area contributed by atoms with E-state index < -0.39 is 6.10 Å². The van der Waals surface area contributed by atoms with Gasteiger partial charge in [0.1, 0.15) is 5.82 Å². The van der Waals surface area contributed by atoms with Crippen LogP contribution < -0.4 is 4.90 Å². The van der Waals surface area contributed by atoms with E-state index in [0.29, 0.717) is 6.04 Å². The van der Waals surface area contributed by atoms with E-state index in [2.05, 4.69) is 16.0 Å². The van der Waals surface area contributed by atoms with Crippen LogP contribution in [-0.4, -0.2) is 22.7 Å². The summed E-state index contributed by atoms with van der Waals surface area (Å²) in [5.41, 5.74) is 0.972. The van der Waals surface area contributed by atoms with Crippen LogP contribution in [0.1, 0.15) is 50.7 Å². The highest BCUT2D eigenvalue weighted by molar-refractivity contribution is 5.44. The van der Waals surface area contributed by atoms with Gasteiger partial charge in [-0.05, 0) is 49.8 Å². The lowest BCUT2D eigenvalue weighted by molar-refractivity contribution is 0.199. The minimum Gasteiger partial charge on any atom is -0.389 e. The molecule has 3 heteroatoms. The normalized spacial score (nSPS) is 29.1. The van der Waals surface area contributed by atoms with Gasteiger partial charge in [0.15, 0.2) is 0 Å². The molecule has 0 spiro atoms. The highest BCUT2D eigenvalue weighted by atomic mass is 16.3. The summed E-state index contributed by atoms with van der Waals surface area (Å²) in [7, 11) is 0. The Hall–Kier alpha value is -1.09. The molecule has 1 saturated heterocycles. The summed E-state index contributed by atoms with van der Waals surface area (Å²) >= 11 is 0. The number of hydrogen-bond acceptors (Lipinski definition) is 3. The molecule has 3 nitrogen and oxygen atoms in total. The number of anilines is 1. The van der Waals surface area contributed by atoms with Gasteiger partial charge >= 0.3 is 0 Å². The van der Waals surface area contributed by atoms with Gasteiger partial charge in [0, 0.05) is 18.8 Å². The van der Waals surface area contributed by atoms with Crippen molar-refractivity contribution in [1.82, 2.24) is 4.98 Å². The molecular weight excluding hydrogens is 224 g/mol. The number of aliphatic hydroxyl groups is 1. The van der Waals surface area contributed by atoms with E-state index in [-0.39, 0.29) is 0 Å². The third-order valence-electron chi connectivity index (χ3n) is 4.56. The maximum atomic E-state index is 9.68. The van der Waals surface area contributed by atoms with E-state index in [1.54, 1.807) is 0 Å². The molecule has 0 bridgehead atoms. The summed E-state index contributed by atoms with van der Waals surface area (Å²) in [5, 5.41) is 9.68. The second-order valence-corrected chi connectivity index (χ2v) is 5.72. The van der Waals surface area contributed by atoms with Gasteiger partial charge in [0.25, 0.3) is 0 Å². The summed E-state index contributed by atoms with van der Waals surface area (Å²) in [6.07, 6.45) is 8.18. The Balaban J connectivity index is 1.84. The molecule has 0 amide bonds. The molecule has 1 aliphatic heterocycles. The van der Waals surface area contributed by atoms with Gasteiger partial charge in [-0.1, -0.05) is 12.8 Å². The molecule has 3 rings (SSSR count). The Kier molecular flexibility index (Phi) is 3.25. The molecule has 0 aromatic carbocycles. The van der Waals surface area contributed by atoms with E-state index in [1.807, 2.05) is 19.2 Å². The smallest absolute Gasteiger partial charge is 0.129 e. The average molecular weight is 246 g/mol. The molecule has 1 N–H and O–H groups in total. The zero-order valence-electron chi connectivity index (χ0n) is 11.0. The summed E-state index contributed by atoms with van der Waals surface area (Å²) in [5.74, 6) is 1.93. The molecule has 2 fully saturated rings. The molecule has 1 aliphatic carbocycles. The first-order valence-electron chi connectivity index (χ1n) is 7.16. The van der Waals surface area contributed by atoms with Crippen LogP contribution in [0, 0.1) is 5.92 Å². The third-order valence-corrected chi connectivity index (χ3v) is 4.56. The standard InChI is InChI=1S/C15H22N2O/c1-11(18)13-6-8-16-15(10-13)17-9-7-12-4-2-3-5-14(12)17/h6,8,10-12,14,18H,2-5,7,9H2,1H3/t11-,12?,14?/m0/s1. The molecule has 2 heterocycles. The van der Waals surface area contributed by atoms with Gasteiger partial charge in [-0.2, -0.15) is 0 Å². The molecule has 2 aliphatic rings. The summed E-state index contributed by atoms with van der Waals surface area (Å²) in [6.45, 7) is 2.94. The topological polar surface area (TPSA) is 36.4 Å². The Morgan fingerprint density at radius 1 is 1.33 bits per heavy atom. The molecular formula is C15H22N2O. The Bertz CT molecular complexity index is 419. The number of pyridine rings is 1. The van der Waals surface area contributed by atoms with Crippen molar-refractivity contribution in [3.63, 3.8) is 0 Å². The maximum Gasteiger partial charge on any atom is 0.129 e. The largest absolute Gasteiger partial charge is 0.389 e. The van der Waals surface area contributed by atoms with Crippen LogP contribution in [0.25, 0.3) is 0 Å². The van der Waals surface area contributed by atoms with Crippen LogP contribution in [0.4, 0.5) is 5.82 Å². The average Bonchev–Trinajstić information content (AvgIpc) is 2.82. The second-order valence-electron chi connectivity index (χ2n) is 5.72. The van der Waals surface area contributed by atoms with Crippen molar-refractivity contribution in [1.29, 1.82) is 0 Å². The Labute approximate surface area is 109 Å². The highest BCUT2D eigenvalue weighted by Crippen LogP contribution is 2.38. The van der Waals surface area contributed by atoms with E-state index in [4.69, 9.17) is 0 Å². The monoisotopic (exact) mass is 246 g/mol. The van der Waals surface area contributed by atoms with Gasteiger partial charge in [0.05, 0.1) is 6.10 Å². The number of fused-ring (bicyclic) bond motifs is 1.